The van der Waals surface area contributed by atoms with Crippen LogP contribution in [0.4, 0.5) is 5.69 Å². The molecule has 3 aromatic carbocycles. The van der Waals surface area contributed by atoms with Crippen molar-refractivity contribution in [3.05, 3.63) is 101 Å². The number of benzene rings is 3. The molecule has 1 heterocycles. The zero-order chi connectivity index (χ0) is 23.4. The number of carbonyl (C=O) groups excluding carboxylic acids is 1. The van der Waals surface area contributed by atoms with Gasteiger partial charge in [-0.25, -0.2) is 0 Å². The van der Waals surface area contributed by atoms with Crippen LogP contribution in [0.15, 0.2) is 78.5 Å². The SMILES string of the molecule is COc1ccc(C)cc1NC(=O)/C(C#N)=C/c1cn(Cc2cccc(C)c2)c2ccccc12. The Labute approximate surface area is 193 Å². The Morgan fingerprint density at radius 3 is 2.61 bits per heavy atom. The molecule has 33 heavy (non-hydrogen) atoms. The number of hydrogen-bond donors (Lipinski definition) is 1. The van der Waals surface area contributed by atoms with E-state index < -0.39 is 5.91 Å². The van der Waals surface area contributed by atoms with Crippen molar-refractivity contribution < 1.29 is 9.53 Å². The molecule has 0 spiro atoms. The van der Waals surface area contributed by atoms with E-state index in [-0.39, 0.29) is 5.57 Å². The molecule has 0 atom stereocenters. The van der Waals surface area contributed by atoms with Crippen molar-refractivity contribution in [3.63, 3.8) is 0 Å². The van der Waals surface area contributed by atoms with Gasteiger partial charge in [-0.05, 0) is 49.2 Å². The highest BCUT2D eigenvalue weighted by molar-refractivity contribution is 6.11. The van der Waals surface area contributed by atoms with Gasteiger partial charge in [0.15, 0.2) is 0 Å². The van der Waals surface area contributed by atoms with E-state index in [0.29, 0.717) is 18.0 Å². The lowest BCUT2D eigenvalue weighted by Crippen LogP contribution is -2.14. The van der Waals surface area contributed by atoms with Crippen molar-refractivity contribution in [2.75, 3.05) is 12.4 Å². The first-order valence-electron chi connectivity index (χ1n) is 10.7. The maximum absolute atomic E-state index is 12.9. The monoisotopic (exact) mass is 435 g/mol. The molecule has 164 valence electrons. The first-order chi connectivity index (χ1) is 16.0. The third kappa shape index (κ3) is 4.81. The number of carbonyl (C=O) groups is 1. The number of methoxy groups -OCH3 is 1. The fourth-order valence-electron chi connectivity index (χ4n) is 3.94. The van der Waals surface area contributed by atoms with Gasteiger partial charge < -0.3 is 14.6 Å². The minimum Gasteiger partial charge on any atom is -0.495 e. The van der Waals surface area contributed by atoms with Crippen LogP contribution < -0.4 is 10.1 Å². The van der Waals surface area contributed by atoms with Crippen molar-refractivity contribution in [2.24, 2.45) is 0 Å². The topological polar surface area (TPSA) is 67.0 Å². The second-order valence-electron chi connectivity index (χ2n) is 8.05. The number of nitrogens with zero attached hydrogens (tertiary/aromatic N) is 2. The molecule has 5 nitrogen and oxygen atoms in total. The number of para-hydroxylation sites is 1. The molecule has 0 aliphatic rings. The number of aryl methyl sites for hydroxylation is 2. The van der Waals surface area contributed by atoms with Gasteiger partial charge in [0.25, 0.3) is 5.91 Å². The van der Waals surface area contributed by atoms with Gasteiger partial charge >= 0.3 is 0 Å². The number of nitrogens with one attached hydrogen (secondary N) is 1. The molecule has 0 unspecified atom stereocenters. The highest BCUT2D eigenvalue weighted by Gasteiger charge is 2.15. The van der Waals surface area contributed by atoms with E-state index in [1.807, 2.05) is 49.5 Å². The molecule has 0 aliphatic carbocycles. The largest absolute Gasteiger partial charge is 0.495 e. The van der Waals surface area contributed by atoms with E-state index in [1.54, 1.807) is 19.3 Å². The van der Waals surface area contributed by atoms with Gasteiger partial charge in [0.1, 0.15) is 17.4 Å². The Morgan fingerprint density at radius 2 is 1.85 bits per heavy atom. The van der Waals surface area contributed by atoms with E-state index in [0.717, 1.165) is 22.0 Å². The Morgan fingerprint density at radius 1 is 1.06 bits per heavy atom. The average Bonchev–Trinajstić information content (AvgIpc) is 3.14. The molecule has 1 N–H and O–H groups in total. The summed E-state index contributed by atoms with van der Waals surface area (Å²) in [5.41, 5.74) is 5.80. The van der Waals surface area contributed by atoms with Gasteiger partial charge in [0, 0.05) is 29.2 Å². The standard InChI is InChI=1S/C28H25N3O2/c1-19-7-6-8-21(13-19)17-31-18-23(24-9-4-5-10-26(24)31)15-22(16-29)28(32)30-25-14-20(2)11-12-27(25)33-3/h4-15,18H,17H2,1-3H3,(H,30,32)/b22-15+. The second kappa shape index (κ2) is 9.46. The maximum Gasteiger partial charge on any atom is 0.266 e. The Kier molecular flexibility index (Phi) is 6.28. The first-order valence-corrected chi connectivity index (χ1v) is 10.7. The number of hydrogen-bond acceptors (Lipinski definition) is 3. The number of fused-ring (bicyclic) bond motifs is 1. The molecule has 5 heteroatoms. The van der Waals surface area contributed by atoms with Crippen molar-refractivity contribution in [1.82, 2.24) is 4.57 Å². The maximum atomic E-state index is 12.9. The van der Waals surface area contributed by atoms with Crippen LogP contribution in [0.25, 0.3) is 17.0 Å². The summed E-state index contributed by atoms with van der Waals surface area (Å²) in [6, 6.07) is 24.0. The molecule has 4 rings (SSSR count). The van der Waals surface area contributed by atoms with Gasteiger partial charge in [-0.1, -0.05) is 54.1 Å². The fraction of sp³-hybridized carbons (Fsp3) is 0.143. The summed E-state index contributed by atoms with van der Waals surface area (Å²) in [6.45, 7) is 4.70. The second-order valence-corrected chi connectivity index (χ2v) is 8.05. The summed E-state index contributed by atoms with van der Waals surface area (Å²) in [5.74, 6) is 0.0675. The van der Waals surface area contributed by atoms with Gasteiger partial charge in [-0.2, -0.15) is 5.26 Å². The summed E-state index contributed by atoms with van der Waals surface area (Å²) in [6.07, 6.45) is 3.64. The number of aromatic nitrogens is 1. The lowest BCUT2D eigenvalue weighted by molar-refractivity contribution is -0.112. The van der Waals surface area contributed by atoms with Crippen LogP contribution in [-0.2, 0) is 11.3 Å². The lowest BCUT2D eigenvalue weighted by Gasteiger charge is -2.10. The van der Waals surface area contributed by atoms with Crippen LogP contribution in [0.2, 0.25) is 0 Å². The van der Waals surface area contributed by atoms with Gasteiger partial charge in [0.05, 0.1) is 12.8 Å². The predicted molar refractivity (Wildman–Crippen MR) is 132 cm³/mol. The summed E-state index contributed by atoms with van der Waals surface area (Å²) in [4.78, 5) is 12.9. The molecular formula is C28H25N3O2. The van der Waals surface area contributed by atoms with E-state index in [9.17, 15) is 10.1 Å². The summed E-state index contributed by atoms with van der Waals surface area (Å²) >= 11 is 0. The third-order valence-corrected chi connectivity index (χ3v) is 5.52. The highest BCUT2D eigenvalue weighted by atomic mass is 16.5. The van der Waals surface area contributed by atoms with Crippen LogP contribution in [0.1, 0.15) is 22.3 Å². The normalized spacial score (nSPS) is 11.3. The van der Waals surface area contributed by atoms with Crippen LogP contribution in [-0.4, -0.2) is 17.6 Å². The summed E-state index contributed by atoms with van der Waals surface area (Å²) in [7, 11) is 1.55. The highest BCUT2D eigenvalue weighted by Crippen LogP contribution is 2.27. The summed E-state index contributed by atoms with van der Waals surface area (Å²) in [5, 5.41) is 13.5. The van der Waals surface area contributed by atoms with Crippen LogP contribution in [0.5, 0.6) is 5.75 Å². The molecule has 0 fully saturated rings. The quantitative estimate of drug-likeness (QED) is 0.305. The molecule has 1 aromatic heterocycles. The van der Waals surface area contributed by atoms with Crippen molar-refractivity contribution >= 4 is 28.6 Å². The predicted octanol–water partition coefficient (Wildman–Crippen LogP) is 5.86. The molecule has 0 radical (unpaired) electrons. The van der Waals surface area contributed by atoms with E-state index in [4.69, 9.17) is 4.74 Å². The number of amides is 1. The summed E-state index contributed by atoms with van der Waals surface area (Å²) < 4.78 is 7.48. The molecule has 1 amide bonds. The minimum atomic E-state index is -0.475. The molecule has 0 saturated carbocycles. The number of nitriles is 1. The zero-order valence-corrected chi connectivity index (χ0v) is 18.9. The van der Waals surface area contributed by atoms with E-state index in [1.165, 1.54) is 11.1 Å². The molecule has 0 bridgehead atoms. The molecular weight excluding hydrogens is 410 g/mol. The van der Waals surface area contributed by atoms with Gasteiger partial charge in [-0.3, -0.25) is 4.79 Å². The van der Waals surface area contributed by atoms with Gasteiger partial charge in [-0.15, -0.1) is 0 Å². The Bertz CT molecular complexity index is 1410. The van der Waals surface area contributed by atoms with Crippen LogP contribution in [0.3, 0.4) is 0 Å². The average molecular weight is 436 g/mol. The van der Waals surface area contributed by atoms with Crippen LogP contribution in [0, 0.1) is 25.2 Å². The van der Waals surface area contributed by atoms with E-state index >= 15 is 0 Å². The fourth-order valence-corrected chi connectivity index (χ4v) is 3.94. The molecule has 0 saturated heterocycles. The smallest absolute Gasteiger partial charge is 0.266 e. The first kappa shape index (κ1) is 21.9. The Balaban J connectivity index is 1.69. The number of rotatable bonds is 6. The Hall–Kier alpha value is -4.30. The number of ether oxygens (including phenoxy) is 1. The van der Waals surface area contributed by atoms with Crippen LogP contribution >= 0.6 is 0 Å². The number of anilines is 1. The molecule has 0 aliphatic heterocycles. The van der Waals surface area contributed by atoms with Crippen molar-refractivity contribution in [2.45, 2.75) is 20.4 Å². The van der Waals surface area contributed by atoms with Crippen molar-refractivity contribution in [1.29, 1.82) is 5.26 Å². The van der Waals surface area contributed by atoms with Crippen molar-refractivity contribution in [3.8, 4) is 11.8 Å². The third-order valence-electron chi connectivity index (χ3n) is 5.52. The minimum absolute atomic E-state index is 0.0250. The zero-order valence-electron chi connectivity index (χ0n) is 18.9. The molecule has 4 aromatic rings. The van der Waals surface area contributed by atoms with E-state index in [2.05, 4.69) is 47.1 Å². The lowest BCUT2D eigenvalue weighted by atomic mass is 10.1. The van der Waals surface area contributed by atoms with Gasteiger partial charge in [0.2, 0.25) is 0 Å².